The van der Waals surface area contributed by atoms with Crippen LogP contribution in [0.4, 0.5) is 5.69 Å². The van der Waals surface area contributed by atoms with E-state index in [0.717, 1.165) is 39.6 Å². The van der Waals surface area contributed by atoms with Gasteiger partial charge in [0, 0.05) is 16.8 Å². The Morgan fingerprint density at radius 1 is 0.839 bits per heavy atom. The molecule has 0 spiro atoms. The average molecular weight is 411 g/mol. The summed E-state index contributed by atoms with van der Waals surface area (Å²) in [6.07, 6.45) is 0. The molecule has 1 atom stereocenters. The van der Waals surface area contributed by atoms with Gasteiger partial charge < -0.3 is 9.47 Å². The standard InChI is InChI=1S/C25H21N3O3/c1-30-19-12-8-16(9-13-19)22-21-23(27-26-22)25(29)28(18-6-4-3-5-7-18)24(21)17-10-14-20(31-2)15-11-17/h3-15,24H,1-2H3,(H,26,27)/t24-/m1/s1. The van der Waals surface area contributed by atoms with Crippen molar-refractivity contribution in [2.75, 3.05) is 19.1 Å². The Kier molecular flexibility index (Phi) is 4.67. The van der Waals surface area contributed by atoms with Crippen LogP contribution in [0.25, 0.3) is 11.3 Å². The van der Waals surface area contributed by atoms with Crippen molar-refractivity contribution < 1.29 is 14.3 Å². The zero-order valence-electron chi connectivity index (χ0n) is 17.2. The fourth-order valence-corrected chi connectivity index (χ4v) is 4.07. The minimum atomic E-state index is -0.313. The number of aromatic amines is 1. The number of ether oxygens (including phenoxy) is 2. The number of anilines is 1. The second-order valence-corrected chi connectivity index (χ2v) is 7.28. The maximum Gasteiger partial charge on any atom is 0.277 e. The monoisotopic (exact) mass is 411 g/mol. The van der Waals surface area contributed by atoms with Gasteiger partial charge in [0.15, 0.2) is 0 Å². The molecule has 31 heavy (non-hydrogen) atoms. The van der Waals surface area contributed by atoms with Gasteiger partial charge in [-0.15, -0.1) is 0 Å². The first-order valence-electron chi connectivity index (χ1n) is 9.96. The molecule has 1 amide bonds. The Morgan fingerprint density at radius 3 is 2.06 bits per heavy atom. The van der Waals surface area contributed by atoms with Crippen molar-refractivity contribution in [1.82, 2.24) is 10.2 Å². The number of para-hydroxylation sites is 1. The Balaban J connectivity index is 1.68. The summed E-state index contributed by atoms with van der Waals surface area (Å²) in [5.41, 5.74) is 4.86. The molecule has 1 N–H and O–H groups in total. The fourth-order valence-electron chi connectivity index (χ4n) is 4.07. The molecule has 0 bridgehead atoms. The van der Waals surface area contributed by atoms with Crippen LogP contribution in [-0.4, -0.2) is 30.3 Å². The van der Waals surface area contributed by atoms with Crippen molar-refractivity contribution >= 4 is 11.6 Å². The third-order valence-electron chi connectivity index (χ3n) is 5.60. The molecule has 0 saturated heterocycles. The Bertz CT molecular complexity index is 1220. The summed E-state index contributed by atoms with van der Waals surface area (Å²) in [5, 5.41) is 7.50. The molecule has 0 fully saturated rings. The molecule has 2 heterocycles. The molecule has 4 aromatic rings. The van der Waals surface area contributed by atoms with Crippen LogP contribution in [-0.2, 0) is 0 Å². The number of amides is 1. The van der Waals surface area contributed by atoms with E-state index in [2.05, 4.69) is 10.2 Å². The molecule has 5 rings (SSSR count). The number of nitrogens with zero attached hydrogens (tertiary/aromatic N) is 2. The molecule has 1 aliphatic rings. The molecule has 1 aromatic heterocycles. The summed E-state index contributed by atoms with van der Waals surface area (Å²) in [6.45, 7) is 0. The first-order valence-corrected chi connectivity index (χ1v) is 9.96. The van der Waals surface area contributed by atoms with E-state index >= 15 is 0 Å². The van der Waals surface area contributed by atoms with E-state index in [1.165, 1.54) is 0 Å². The molecule has 0 unspecified atom stereocenters. The van der Waals surface area contributed by atoms with E-state index in [1.807, 2.05) is 83.8 Å². The van der Waals surface area contributed by atoms with Gasteiger partial charge in [-0.1, -0.05) is 30.3 Å². The predicted molar refractivity (Wildman–Crippen MR) is 119 cm³/mol. The lowest BCUT2D eigenvalue weighted by atomic mass is 9.95. The highest BCUT2D eigenvalue weighted by Gasteiger charge is 2.43. The van der Waals surface area contributed by atoms with Gasteiger partial charge in [-0.3, -0.25) is 14.8 Å². The molecule has 6 nitrogen and oxygen atoms in total. The topological polar surface area (TPSA) is 67.5 Å². The molecular weight excluding hydrogens is 390 g/mol. The number of nitrogens with one attached hydrogen (secondary N) is 1. The molecule has 0 saturated carbocycles. The van der Waals surface area contributed by atoms with Crippen LogP contribution in [0, 0.1) is 0 Å². The second-order valence-electron chi connectivity index (χ2n) is 7.28. The number of methoxy groups -OCH3 is 2. The number of benzene rings is 3. The highest BCUT2D eigenvalue weighted by atomic mass is 16.5. The Morgan fingerprint density at radius 2 is 1.45 bits per heavy atom. The number of hydrogen-bond acceptors (Lipinski definition) is 4. The van der Waals surface area contributed by atoms with Gasteiger partial charge in [0.05, 0.1) is 26.0 Å². The van der Waals surface area contributed by atoms with E-state index in [9.17, 15) is 4.79 Å². The number of carbonyl (C=O) groups excluding carboxylic acids is 1. The first-order chi connectivity index (χ1) is 15.2. The second kappa shape index (κ2) is 7.65. The van der Waals surface area contributed by atoms with Crippen LogP contribution < -0.4 is 14.4 Å². The summed E-state index contributed by atoms with van der Waals surface area (Å²) in [5.74, 6) is 1.43. The maximum absolute atomic E-state index is 13.5. The third-order valence-corrected chi connectivity index (χ3v) is 5.60. The normalized spacial score (nSPS) is 15.1. The summed E-state index contributed by atoms with van der Waals surface area (Å²) in [7, 11) is 3.28. The van der Waals surface area contributed by atoms with E-state index < -0.39 is 0 Å². The summed E-state index contributed by atoms with van der Waals surface area (Å²) in [6, 6.07) is 24.9. The maximum atomic E-state index is 13.5. The summed E-state index contributed by atoms with van der Waals surface area (Å²) >= 11 is 0. The van der Waals surface area contributed by atoms with Crippen LogP contribution in [0.5, 0.6) is 11.5 Å². The Labute approximate surface area is 180 Å². The zero-order chi connectivity index (χ0) is 21.4. The predicted octanol–water partition coefficient (Wildman–Crippen LogP) is 4.84. The van der Waals surface area contributed by atoms with E-state index in [-0.39, 0.29) is 11.9 Å². The lowest BCUT2D eigenvalue weighted by Crippen LogP contribution is -2.29. The van der Waals surface area contributed by atoms with Gasteiger partial charge >= 0.3 is 0 Å². The van der Waals surface area contributed by atoms with Gasteiger partial charge in [-0.25, -0.2) is 0 Å². The average Bonchev–Trinajstić information content (AvgIpc) is 3.39. The lowest BCUT2D eigenvalue weighted by Gasteiger charge is -2.26. The van der Waals surface area contributed by atoms with Gasteiger partial charge in [0.2, 0.25) is 0 Å². The number of H-pyrrole nitrogens is 1. The van der Waals surface area contributed by atoms with Gasteiger partial charge in [0.25, 0.3) is 5.91 Å². The molecule has 0 radical (unpaired) electrons. The van der Waals surface area contributed by atoms with E-state index in [1.54, 1.807) is 14.2 Å². The number of aromatic nitrogens is 2. The lowest BCUT2D eigenvalue weighted by molar-refractivity contribution is 0.0989. The van der Waals surface area contributed by atoms with Crippen molar-refractivity contribution in [3.05, 3.63) is 95.7 Å². The molecule has 1 aliphatic heterocycles. The van der Waals surface area contributed by atoms with Crippen LogP contribution in [0.15, 0.2) is 78.9 Å². The molecule has 3 aromatic carbocycles. The van der Waals surface area contributed by atoms with E-state index in [0.29, 0.717) is 5.69 Å². The first kappa shape index (κ1) is 18.9. The number of carbonyl (C=O) groups is 1. The molecule has 0 aliphatic carbocycles. The largest absolute Gasteiger partial charge is 0.497 e. The van der Waals surface area contributed by atoms with Crippen molar-refractivity contribution in [2.24, 2.45) is 0 Å². The summed E-state index contributed by atoms with van der Waals surface area (Å²) < 4.78 is 10.6. The van der Waals surface area contributed by atoms with Crippen LogP contribution >= 0.6 is 0 Å². The zero-order valence-corrected chi connectivity index (χ0v) is 17.2. The van der Waals surface area contributed by atoms with Crippen molar-refractivity contribution in [2.45, 2.75) is 6.04 Å². The quantitative estimate of drug-likeness (QED) is 0.510. The molecule has 6 heteroatoms. The SMILES string of the molecule is COc1ccc(-c2n[nH]c3c2[C@@H](c2ccc(OC)cc2)N(c2ccccc2)C3=O)cc1. The minimum Gasteiger partial charge on any atom is -0.497 e. The van der Waals surface area contributed by atoms with Gasteiger partial charge in [0.1, 0.15) is 17.2 Å². The molecular formula is C25H21N3O3. The number of hydrogen-bond donors (Lipinski definition) is 1. The smallest absolute Gasteiger partial charge is 0.277 e. The van der Waals surface area contributed by atoms with Crippen LogP contribution in [0.3, 0.4) is 0 Å². The number of rotatable bonds is 5. The Hall–Kier alpha value is -4.06. The van der Waals surface area contributed by atoms with Crippen LogP contribution in [0.1, 0.15) is 27.7 Å². The van der Waals surface area contributed by atoms with Gasteiger partial charge in [-0.05, 0) is 54.1 Å². The highest BCUT2D eigenvalue weighted by molar-refractivity contribution is 6.11. The third kappa shape index (κ3) is 3.13. The number of fused-ring (bicyclic) bond motifs is 1. The molecule has 154 valence electrons. The fraction of sp³-hybridized carbons (Fsp3) is 0.120. The summed E-state index contributed by atoms with van der Waals surface area (Å²) in [4.78, 5) is 15.3. The van der Waals surface area contributed by atoms with Crippen molar-refractivity contribution in [1.29, 1.82) is 0 Å². The van der Waals surface area contributed by atoms with E-state index in [4.69, 9.17) is 9.47 Å². The van der Waals surface area contributed by atoms with Gasteiger partial charge in [-0.2, -0.15) is 5.10 Å². The highest BCUT2D eigenvalue weighted by Crippen LogP contribution is 2.45. The van der Waals surface area contributed by atoms with Crippen molar-refractivity contribution in [3.8, 4) is 22.8 Å². The van der Waals surface area contributed by atoms with Crippen LogP contribution in [0.2, 0.25) is 0 Å². The van der Waals surface area contributed by atoms with Crippen molar-refractivity contribution in [3.63, 3.8) is 0 Å². The minimum absolute atomic E-state index is 0.103.